The molecule has 2 N–H and O–H groups in total. The summed E-state index contributed by atoms with van der Waals surface area (Å²) in [6.45, 7) is 4.53. The molecule has 10 nitrogen and oxygen atoms in total. The summed E-state index contributed by atoms with van der Waals surface area (Å²) in [6.07, 6.45) is 0. The summed E-state index contributed by atoms with van der Waals surface area (Å²) in [5, 5.41) is 20.5. The molecule has 0 heterocycles. The van der Waals surface area contributed by atoms with Crippen LogP contribution in [0, 0.1) is 23.0 Å². The number of aryl methyl sites for hydroxylation is 1. The molecule has 0 aliphatic heterocycles. The zero-order valence-corrected chi connectivity index (χ0v) is 18.4. The number of hydrogen-bond donors (Lipinski definition) is 2. The Hall–Kier alpha value is -3.02. The molecular formula is C20H25N3O7S. The van der Waals surface area contributed by atoms with Crippen LogP contribution in [0.2, 0.25) is 0 Å². The van der Waals surface area contributed by atoms with E-state index in [2.05, 4.69) is 0 Å². The Balaban J connectivity index is 2.61. The number of rotatable bonds is 9. The molecule has 0 aliphatic carbocycles. The fraction of sp³-hybridized carbons (Fsp3) is 0.350. The van der Waals surface area contributed by atoms with Crippen LogP contribution in [0.4, 0.5) is 5.69 Å². The van der Waals surface area contributed by atoms with Crippen molar-refractivity contribution in [3.05, 3.63) is 63.7 Å². The van der Waals surface area contributed by atoms with Gasteiger partial charge in [0.2, 0.25) is 10.0 Å². The zero-order valence-electron chi connectivity index (χ0n) is 17.6. The number of carbonyl (C=O) groups excluding carboxylic acids is 1. The maximum atomic E-state index is 13.5. The highest BCUT2D eigenvalue weighted by atomic mass is 32.2. The maximum Gasteiger partial charge on any atom is 0.272 e. The Morgan fingerprint density at radius 2 is 1.84 bits per heavy atom. The van der Waals surface area contributed by atoms with Gasteiger partial charge in [0.1, 0.15) is 11.8 Å². The van der Waals surface area contributed by atoms with Gasteiger partial charge in [0.25, 0.3) is 11.6 Å². The highest BCUT2D eigenvalue weighted by Crippen LogP contribution is 2.28. The fourth-order valence-corrected chi connectivity index (χ4v) is 4.89. The predicted molar refractivity (Wildman–Crippen MR) is 112 cm³/mol. The first-order valence-corrected chi connectivity index (χ1v) is 10.8. The molecule has 11 heteroatoms. The van der Waals surface area contributed by atoms with E-state index in [4.69, 9.17) is 4.74 Å². The van der Waals surface area contributed by atoms with E-state index >= 15 is 0 Å². The molecule has 0 aliphatic rings. The molecule has 1 amide bonds. The molecule has 0 bridgehead atoms. The zero-order chi connectivity index (χ0) is 23.3. The molecule has 0 saturated carbocycles. The lowest BCUT2D eigenvalue weighted by molar-refractivity contribution is -0.385. The van der Waals surface area contributed by atoms with E-state index in [1.807, 2.05) is 0 Å². The lowest BCUT2D eigenvalue weighted by atomic mass is 10.0. The number of hydrogen-bond acceptors (Lipinski definition) is 7. The van der Waals surface area contributed by atoms with Gasteiger partial charge in [-0.25, -0.2) is 13.9 Å². The third-order valence-electron chi connectivity index (χ3n) is 4.80. The maximum absolute atomic E-state index is 13.5. The molecule has 1 unspecified atom stereocenters. The largest absolute Gasteiger partial charge is 0.497 e. The van der Waals surface area contributed by atoms with Crippen LogP contribution in [0.3, 0.4) is 0 Å². The predicted octanol–water partition coefficient (Wildman–Crippen LogP) is 2.63. The van der Waals surface area contributed by atoms with Crippen LogP contribution in [0.5, 0.6) is 5.75 Å². The summed E-state index contributed by atoms with van der Waals surface area (Å²) in [4.78, 5) is 23.1. The van der Waals surface area contributed by atoms with Crippen molar-refractivity contribution in [3.8, 4) is 5.75 Å². The number of ether oxygens (including phenoxy) is 1. The summed E-state index contributed by atoms with van der Waals surface area (Å²) in [5.74, 6) is -0.970. The van der Waals surface area contributed by atoms with E-state index in [-0.39, 0.29) is 17.1 Å². The molecule has 2 aromatic carbocycles. The second kappa shape index (κ2) is 9.86. The minimum atomic E-state index is -4.23. The van der Waals surface area contributed by atoms with E-state index in [0.717, 1.165) is 4.31 Å². The summed E-state index contributed by atoms with van der Waals surface area (Å²) in [5.41, 5.74) is 2.11. The number of nitrogens with zero attached hydrogens (tertiary/aromatic N) is 2. The molecule has 0 saturated heterocycles. The minimum absolute atomic E-state index is 0.0914. The van der Waals surface area contributed by atoms with Gasteiger partial charge < -0.3 is 4.74 Å². The number of carbonyl (C=O) groups is 1. The average molecular weight is 452 g/mol. The average Bonchev–Trinajstić information content (AvgIpc) is 2.73. The smallest absolute Gasteiger partial charge is 0.272 e. The van der Waals surface area contributed by atoms with Gasteiger partial charge in [0.15, 0.2) is 0 Å². The number of amides is 1. The van der Waals surface area contributed by atoms with Crippen molar-refractivity contribution in [1.82, 2.24) is 9.79 Å². The first-order valence-electron chi connectivity index (χ1n) is 9.36. The lowest BCUT2D eigenvalue weighted by Crippen LogP contribution is -2.51. The first-order chi connectivity index (χ1) is 14.5. The highest BCUT2D eigenvalue weighted by Gasteiger charge is 2.38. The van der Waals surface area contributed by atoms with Gasteiger partial charge in [0, 0.05) is 18.2 Å². The Bertz CT molecular complexity index is 1050. The van der Waals surface area contributed by atoms with Crippen molar-refractivity contribution in [2.75, 3.05) is 7.11 Å². The molecule has 0 fully saturated rings. The molecule has 1 atom stereocenters. The Kier molecular flexibility index (Phi) is 7.71. The van der Waals surface area contributed by atoms with E-state index in [9.17, 15) is 28.5 Å². The number of methoxy groups -OCH3 is 1. The van der Waals surface area contributed by atoms with Gasteiger partial charge in [-0.2, -0.15) is 4.31 Å². The van der Waals surface area contributed by atoms with Crippen molar-refractivity contribution in [1.29, 1.82) is 0 Å². The Labute approximate surface area is 180 Å². The number of nitrogens with one attached hydrogen (secondary N) is 1. The van der Waals surface area contributed by atoms with Gasteiger partial charge in [-0.15, -0.1) is 0 Å². The third kappa shape index (κ3) is 5.37. The molecule has 0 aromatic heterocycles. The van der Waals surface area contributed by atoms with Crippen LogP contribution in [0.1, 0.15) is 25.0 Å². The van der Waals surface area contributed by atoms with E-state index in [0.29, 0.717) is 16.9 Å². The van der Waals surface area contributed by atoms with Crippen LogP contribution >= 0.6 is 0 Å². The monoisotopic (exact) mass is 451 g/mol. The van der Waals surface area contributed by atoms with Crippen LogP contribution < -0.4 is 10.2 Å². The summed E-state index contributed by atoms with van der Waals surface area (Å²) < 4.78 is 32.9. The number of hydroxylamine groups is 1. The standard InChI is InChI=1S/C20H25N3O7S/c1-13(2)19(20(24)21-25)22(12-15-6-5-14(3)18(11-15)23(26)27)31(28,29)17-9-7-16(30-4)8-10-17/h5-11,13,19,25H,12H2,1-4H3,(H,21,24). The molecule has 31 heavy (non-hydrogen) atoms. The van der Waals surface area contributed by atoms with Crippen molar-refractivity contribution in [2.45, 2.75) is 38.3 Å². The van der Waals surface area contributed by atoms with Crippen LogP contribution in [0.25, 0.3) is 0 Å². The summed E-state index contributed by atoms with van der Waals surface area (Å²) >= 11 is 0. The molecule has 2 rings (SSSR count). The Morgan fingerprint density at radius 1 is 1.23 bits per heavy atom. The van der Waals surface area contributed by atoms with Gasteiger partial charge in [0.05, 0.1) is 16.9 Å². The lowest BCUT2D eigenvalue weighted by Gasteiger charge is -2.32. The number of nitro groups is 1. The van der Waals surface area contributed by atoms with Crippen molar-refractivity contribution in [3.63, 3.8) is 0 Å². The van der Waals surface area contributed by atoms with Crippen molar-refractivity contribution >= 4 is 21.6 Å². The quantitative estimate of drug-likeness (QED) is 0.339. The molecule has 2 aromatic rings. The Morgan fingerprint density at radius 3 is 2.32 bits per heavy atom. The number of sulfonamides is 1. The second-order valence-electron chi connectivity index (χ2n) is 7.27. The molecule has 168 valence electrons. The molecular weight excluding hydrogens is 426 g/mol. The second-order valence-corrected chi connectivity index (χ2v) is 9.16. The van der Waals surface area contributed by atoms with Crippen LogP contribution in [-0.2, 0) is 21.4 Å². The van der Waals surface area contributed by atoms with E-state index in [1.54, 1.807) is 26.8 Å². The van der Waals surface area contributed by atoms with Crippen LogP contribution in [-0.4, -0.2) is 41.9 Å². The van der Waals surface area contributed by atoms with Crippen LogP contribution in [0.15, 0.2) is 47.4 Å². The van der Waals surface area contributed by atoms with E-state index < -0.39 is 32.8 Å². The van der Waals surface area contributed by atoms with Crippen molar-refractivity contribution in [2.24, 2.45) is 5.92 Å². The molecule has 0 spiro atoms. The third-order valence-corrected chi connectivity index (χ3v) is 6.64. The van der Waals surface area contributed by atoms with Gasteiger partial charge in [-0.1, -0.05) is 26.0 Å². The topological polar surface area (TPSA) is 139 Å². The van der Waals surface area contributed by atoms with Gasteiger partial charge in [-0.05, 0) is 42.7 Å². The van der Waals surface area contributed by atoms with E-state index in [1.165, 1.54) is 49.0 Å². The number of nitro benzene ring substituents is 1. The SMILES string of the molecule is COc1ccc(S(=O)(=O)N(Cc2ccc(C)c([N+](=O)[O-])c2)C(C(=O)NO)C(C)C)cc1. The summed E-state index contributed by atoms with van der Waals surface area (Å²) in [6, 6.07) is 8.71. The summed E-state index contributed by atoms with van der Waals surface area (Å²) in [7, 11) is -2.79. The highest BCUT2D eigenvalue weighted by molar-refractivity contribution is 7.89. The van der Waals surface area contributed by atoms with Gasteiger partial charge >= 0.3 is 0 Å². The normalized spacial score (nSPS) is 12.6. The van der Waals surface area contributed by atoms with Gasteiger partial charge in [-0.3, -0.25) is 20.1 Å². The van der Waals surface area contributed by atoms with Crippen molar-refractivity contribution < 1.29 is 28.1 Å². The molecule has 0 radical (unpaired) electrons. The fourth-order valence-electron chi connectivity index (χ4n) is 3.18. The first kappa shape index (κ1) is 24.3. The minimum Gasteiger partial charge on any atom is -0.497 e. The number of benzene rings is 2.